The molecule has 2 bridgehead atoms. The molecule has 0 unspecified atom stereocenters. The number of pyridine rings is 2. The van der Waals surface area contributed by atoms with Gasteiger partial charge in [-0.15, -0.1) is 5.10 Å². The van der Waals surface area contributed by atoms with E-state index < -0.39 is 11.5 Å². The number of nitrogens with zero attached hydrogens (tertiary/aromatic N) is 4. The minimum atomic E-state index is -0.668. The second kappa shape index (κ2) is 8.39. The second-order valence-electron chi connectivity index (χ2n) is 9.99. The molecule has 3 saturated carbocycles. The molecule has 9 nitrogen and oxygen atoms in total. The highest BCUT2D eigenvalue weighted by Crippen LogP contribution is 2.76. The summed E-state index contributed by atoms with van der Waals surface area (Å²) in [5.74, 6) is -0.0312. The average Bonchev–Trinajstić information content (AvgIpc) is 3.18. The van der Waals surface area contributed by atoms with Crippen molar-refractivity contribution in [1.82, 2.24) is 20.2 Å². The minimum absolute atomic E-state index is 0.0194. The van der Waals surface area contributed by atoms with Crippen molar-refractivity contribution in [2.24, 2.45) is 10.8 Å². The number of aromatic nitrogens is 4. The van der Waals surface area contributed by atoms with Crippen LogP contribution < -0.4 is 14.8 Å². The number of carbonyl (C=O) groups is 1. The summed E-state index contributed by atoms with van der Waals surface area (Å²) < 4.78 is 11.5. The number of methoxy groups -OCH3 is 1. The number of hydrogen-bond acceptors (Lipinski definition) is 9. The molecule has 35 heavy (non-hydrogen) atoms. The van der Waals surface area contributed by atoms with Crippen molar-refractivity contribution in [3.8, 4) is 22.1 Å². The number of rotatable bonds is 8. The Kier molecular flexibility index (Phi) is 5.73. The van der Waals surface area contributed by atoms with Crippen molar-refractivity contribution in [2.75, 3.05) is 19.0 Å². The molecule has 3 aromatic rings. The van der Waals surface area contributed by atoms with E-state index in [1.165, 1.54) is 7.11 Å². The van der Waals surface area contributed by atoms with Gasteiger partial charge in [0.1, 0.15) is 10.9 Å². The molecule has 0 aromatic carbocycles. The zero-order valence-corrected chi connectivity index (χ0v) is 21.5. The highest BCUT2D eigenvalue weighted by atomic mass is 35.5. The Morgan fingerprint density at radius 3 is 2.57 bits per heavy atom. The first-order valence-corrected chi connectivity index (χ1v) is 12.4. The van der Waals surface area contributed by atoms with Crippen molar-refractivity contribution in [2.45, 2.75) is 45.6 Å². The molecule has 184 valence electrons. The Morgan fingerprint density at radius 1 is 1.26 bits per heavy atom. The fourth-order valence-electron chi connectivity index (χ4n) is 5.40. The highest BCUT2D eigenvalue weighted by molar-refractivity contribution is 7.17. The first kappa shape index (κ1) is 23.9. The number of carbonyl (C=O) groups excluding carboxylic acids is 1. The van der Waals surface area contributed by atoms with Gasteiger partial charge in [-0.1, -0.05) is 16.7 Å². The maximum absolute atomic E-state index is 13.3. The van der Waals surface area contributed by atoms with Crippen molar-refractivity contribution < 1.29 is 19.4 Å². The molecule has 0 radical (unpaired) electrons. The lowest BCUT2D eigenvalue weighted by Gasteiger charge is -2.74. The molecule has 3 aromatic heterocycles. The Balaban J connectivity index is 1.31. The van der Waals surface area contributed by atoms with Crippen LogP contribution in [0.25, 0.3) is 11.1 Å². The van der Waals surface area contributed by atoms with Crippen molar-refractivity contribution in [1.29, 1.82) is 0 Å². The zero-order chi connectivity index (χ0) is 25.0. The van der Waals surface area contributed by atoms with Gasteiger partial charge in [-0.05, 0) is 69.1 Å². The van der Waals surface area contributed by atoms with Crippen LogP contribution in [0.3, 0.4) is 0 Å². The van der Waals surface area contributed by atoms with E-state index >= 15 is 0 Å². The molecule has 0 aliphatic heterocycles. The van der Waals surface area contributed by atoms with Gasteiger partial charge in [-0.3, -0.25) is 15.1 Å². The molecular formula is C24H26ClN5O4S. The van der Waals surface area contributed by atoms with Crippen LogP contribution >= 0.6 is 22.9 Å². The third-order valence-electron chi connectivity index (χ3n) is 7.24. The number of aliphatic hydroxyl groups is 1. The van der Waals surface area contributed by atoms with Crippen LogP contribution in [-0.4, -0.2) is 50.5 Å². The van der Waals surface area contributed by atoms with Gasteiger partial charge < -0.3 is 14.6 Å². The van der Waals surface area contributed by atoms with Crippen molar-refractivity contribution in [3.63, 3.8) is 0 Å². The summed E-state index contributed by atoms with van der Waals surface area (Å²) in [7, 11) is 1.52. The normalized spacial score (nSPS) is 22.7. The standard InChI is InChI=1S/C24H26ClN5O4S/c1-13-17(33-4)15(14-5-7-26-8-6-14)16(18(25)27-13)19(31)28-20-29-30-21(35-20)34-12-23-9-24(10-23,11-23)22(2,3)32/h5-8,32H,9-12H2,1-4H3,(H,28,29,31). The van der Waals surface area contributed by atoms with Gasteiger partial charge in [0.25, 0.3) is 11.1 Å². The summed E-state index contributed by atoms with van der Waals surface area (Å²) in [6.07, 6.45) is 6.10. The van der Waals surface area contributed by atoms with Gasteiger partial charge in [0.05, 0.1) is 30.6 Å². The number of hydrogen-bond donors (Lipinski definition) is 2. The van der Waals surface area contributed by atoms with E-state index in [1.54, 1.807) is 31.5 Å². The molecule has 2 N–H and O–H groups in total. The van der Waals surface area contributed by atoms with Gasteiger partial charge >= 0.3 is 0 Å². The number of ether oxygens (including phenoxy) is 2. The van der Waals surface area contributed by atoms with E-state index in [0.717, 1.165) is 36.2 Å². The van der Waals surface area contributed by atoms with Crippen LogP contribution in [0.5, 0.6) is 10.9 Å². The summed E-state index contributed by atoms with van der Waals surface area (Å²) in [5.41, 5.74) is 1.43. The summed E-state index contributed by atoms with van der Waals surface area (Å²) in [4.78, 5) is 21.6. The van der Waals surface area contributed by atoms with Gasteiger partial charge in [-0.25, -0.2) is 4.98 Å². The molecule has 6 rings (SSSR count). The third kappa shape index (κ3) is 4.03. The van der Waals surface area contributed by atoms with Crippen LogP contribution in [-0.2, 0) is 0 Å². The third-order valence-corrected chi connectivity index (χ3v) is 8.27. The highest BCUT2D eigenvalue weighted by Gasteiger charge is 2.72. The van der Waals surface area contributed by atoms with Crippen LogP contribution in [0.1, 0.15) is 49.2 Å². The molecule has 0 atom stereocenters. The Morgan fingerprint density at radius 2 is 1.94 bits per heavy atom. The van der Waals surface area contributed by atoms with E-state index in [-0.39, 0.29) is 26.7 Å². The quantitative estimate of drug-likeness (QED) is 0.420. The van der Waals surface area contributed by atoms with E-state index in [1.807, 2.05) is 13.8 Å². The lowest BCUT2D eigenvalue weighted by atomic mass is 9.31. The fraction of sp³-hybridized carbons (Fsp3) is 0.458. The molecule has 3 heterocycles. The van der Waals surface area contributed by atoms with Crippen LogP contribution in [0.2, 0.25) is 5.15 Å². The number of aryl methyl sites for hydroxylation is 1. The number of nitrogens with one attached hydrogen (secondary N) is 1. The molecule has 0 spiro atoms. The lowest BCUT2D eigenvalue weighted by Crippen LogP contribution is -2.71. The monoisotopic (exact) mass is 515 g/mol. The number of halogens is 1. The van der Waals surface area contributed by atoms with Gasteiger partial charge in [0.15, 0.2) is 0 Å². The smallest absolute Gasteiger partial charge is 0.295 e. The maximum atomic E-state index is 13.3. The predicted molar refractivity (Wildman–Crippen MR) is 132 cm³/mol. The van der Waals surface area contributed by atoms with Crippen LogP contribution in [0, 0.1) is 17.8 Å². The van der Waals surface area contributed by atoms with Crippen molar-refractivity contribution in [3.05, 3.63) is 40.9 Å². The van der Waals surface area contributed by atoms with E-state index in [4.69, 9.17) is 21.1 Å². The Bertz CT molecular complexity index is 1270. The first-order valence-electron chi connectivity index (χ1n) is 11.2. The first-order chi connectivity index (χ1) is 16.6. The zero-order valence-electron chi connectivity index (χ0n) is 19.9. The average molecular weight is 516 g/mol. The molecular weight excluding hydrogens is 490 g/mol. The van der Waals surface area contributed by atoms with Gasteiger partial charge in [0, 0.05) is 28.8 Å². The van der Waals surface area contributed by atoms with Gasteiger partial charge in [-0.2, -0.15) is 0 Å². The topological polar surface area (TPSA) is 119 Å². The molecule has 1 amide bonds. The fourth-order valence-corrected chi connectivity index (χ4v) is 6.29. The Labute approximate surface area is 211 Å². The van der Waals surface area contributed by atoms with E-state index in [0.29, 0.717) is 28.8 Å². The second-order valence-corrected chi connectivity index (χ2v) is 11.3. The van der Waals surface area contributed by atoms with Crippen LogP contribution in [0.4, 0.5) is 5.13 Å². The van der Waals surface area contributed by atoms with Gasteiger partial charge in [0.2, 0.25) is 5.13 Å². The Hall–Kier alpha value is -2.82. The van der Waals surface area contributed by atoms with Crippen molar-refractivity contribution >= 4 is 34.0 Å². The molecule has 3 aliphatic rings. The van der Waals surface area contributed by atoms with E-state index in [9.17, 15) is 9.90 Å². The number of anilines is 1. The van der Waals surface area contributed by atoms with Crippen LogP contribution in [0.15, 0.2) is 24.5 Å². The summed E-state index contributed by atoms with van der Waals surface area (Å²) >= 11 is 7.57. The molecule has 3 fully saturated rings. The SMILES string of the molecule is COc1c(C)nc(Cl)c(C(=O)Nc2nnc(OCC34CC(C(C)(C)O)(C3)C4)s2)c1-c1ccncc1. The summed E-state index contributed by atoms with van der Waals surface area (Å²) in [5, 5.41) is 21.9. The summed E-state index contributed by atoms with van der Waals surface area (Å²) in [6.45, 7) is 6.04. The molecule has 11 heteroatoms. The molecule has 0 saturated heterocycles. The predicted octanol–water partition coefficient (Wildman–Crippen LogP) is 4.54. The lowest BCUT2D eigenvalue weighted by molar-refractivity contribution is -0.294. The number of amides is 1. The largest absolute Gasteiger partial charge is 0.494 e. The summed E-state index contributed by atoms with van der Waals surface area (Å²) in [6, 6.07) is 3.54. The maximum Gasteiger partial charge on any atom is 0.295 e. The molecule has 3 aliphatic carbocycles. The van der Waals surface area contributed by atoms with E-state index in [2.05, 4.69) is 25.5 Å². The minimum Gasteiger partial charge on any atom is -0.494 e.